The van der Waals surface area contributed by atoms with Crippen LogP contribution in [0.25, 0.3) is 0 Å². The van der Waals surface area contributed by atoms with Crippen molar-refractivity contribution in [3.8, 4) is 5.19 Å². The number of likely N-dealkylation sites (tertiary alicyclic amines) is 1. The van der Waals surface area contributed by atoms with E-state index in [2.05, 4.69) is 4.98 Å². The molecule has 0 aliphatic carbocycles. The molecule has 2 heterocycles. The second kappa shape index (κ2) is 6.45. The van der Waals surface area contributed by atoms with E-state index in [0.29, 0.717) is 36.1 Å². The number of benzene rings is 1. The second-order valence-electron chi connectivity index (χ2n) is 4.97. The predicted octanol–water partition coefficient (Wildman–Crippen LogP) is 3.02. The van der Waals surface area contributed by atoms with Gasteiger partial charge in [-0.05, 0) is 24.1 Å². The maximum atomic E-state index is 12.1. The number of nitrogens with zero attached hydrogens (tertiary/aromatic N) is 2. The van der Waals surface area contributed by atoms with Crippen LogP contribution in [0.15, 0.2) is 35.8 Å². The molecule has 0 saturated carbocycles. The molecule has 1 amide bonds. The fraction of sp³-hybridized carbons (Fsp3) is 0.333. The number of carbonyl (C=O) groups is 1. The Labute approximate surface area is 132 Å². The van der Waals surface area contributed by atoms with Gasteiger partial charge in [0.25, 0.3) is 5.19 Å². The van der Waals surface area contributed by atoms with E-state index in [1.807, 2.05) is 34.5 Å². The Morgan fingerprint density at radius 1 is 1.48 bits per heavy atom. The van der Waals surface area contributed by atoms with Crippen molar-refractivity contribution in [2.45, 2.75) is 18.9 Å². The van der Waals surface area contributed by atoms with E-state index in [-0.39, 0.29) is 12.0 Å². The number of ether oxygens (including phenoxy) is 1. The molecular weight excluding hydrogens is 308 g/mol. The van der Waals surface area contributed by atoms with Crippen molar-refractivity contribution in [3.05, 3.63) is 46.4 Å². The van der Waals surface area contributed by atoms with E-state index in [9.17, 15) is 4.79 Å². The van der Waals surface area contributed by atoms with Crippen LogP contribution >= 0.6 is 22.9 Å². The summed E-state index contributed by atoms with van der Waals surface area (Å²) in [6, 6.07) is 7.63. The third kappa shape index (κ3) is 3.74. The number of aromatic nitrogens is 1. The van der Waals surface area contributed by atoms with Crippen molar-refractivity contribution in [2.75, 3.05) is 13.1 Å². The number of rotatable bonds is 5. The lowest BCUT2D eigenvalue weighted by Gasteiger charge is -2.38. The van der Waals surface area contributed by atoms with Crippen LogP contribution < -0.4 is 4.74 Å². The first-order valence-electron chi connectivity index (χ1n) is 6.79. The van der Waals surface area contributed by atoms with Gasteiger partial charge in [-0.2, -0.15) is 0 Å². The Balaban J connectivity index is 1.41. The highest BCUT2D eigenvalue weighted by molar-refractivity contribution is 7.11. The number of amides is 1. The Kier molecular flexibility index (Phi) is 4.41. The highest BCUT2D eigenvalue weighted by Crippen LogP contribution is 2.21. The monoisotopic (exact) mass is 322 g/mol. The molecule has 0 spiro atoms. The van der Waals surface area contributed by atoms with Crippen molar-refractivity contribution >= 4 is 28.8 Å². The van der Waals surface area contributed by atoms with E-state index in [4.69, 9.17) is 16.3 Å². The lowest BCUT2D eigenvalue weighted by Crippen LogP contribution is -2.56. The minimum Gasteiger partial charge on any atom is -0.463 e. The van der Waals surface area contributed by atoms with Crippen molar-refractivity contribution in [1.29, 1.82) is 0 Å². The smallest absolute Gasteiger partial charge is 0.273 e. The molecule has 1 saturated heterocycles. The zero-order valence-electron chi connectivity index (χ0n) is 11.4. The van der Waals surface area contributed by atoms with Crippen LogP contribution in [0.4, 0.5) is 0 Å². The first kappa shape index (κ1) is 14.4. The number of hydrogen-bond donors (Lipinski definition) is 0. The van der Waals surface area contributed by atoms with Gasteiger partial charge < -0.3 is 9.64 Å². The van der Waals surface area contributed by atoms with E-state index >= 15 is 0 Å². The largest absolute Gasteiger partial charge is 0.463 e. The van der Waals surface area contributed by atoms with E-state index < -0.39 is 0 Å². The van der Waals surface area contributed by atoms with Gasteiger partial charge in [0.15, 0.2) is 0 Å². The Hall–Kier alpha value is -1.59. The van der Waals surface area contributed by atoms with Crippen LogP contribution in [0, 0.1) is 0 Å². The van der Waals surface area contributed by atoms with Crippen molar-refractivity contribution < 1.29 is 9.53 Å². The molecule has 0 bridgehead atoms. The van der Waals surface area contributed by atoms with Crippen molar-refractivity contribution in [1.82, 2.24) is 9.88 Å². The summed E-state index contributed by atoms with van der Waals surface area (Å²) in [5.74, 6) is 0.161. The third-order valence-corrected chi connectivity index (χ3v) is 4.29. The molecule has 0 radical (unpaired) electrons. The Morgan fingerprint density at radius 2 is 2.33 bits per heavy atom. The number of hydrogen-bond acceptors (Lipinski definition) is 4. The molecule has 1 fully saturated rings. The molecule has 0 atom stereocenters. The van der Waals surface area contributed by atoms with Crippen LogP contribution in [-0.4, -0.2) is 35.0 Å². The van der Waals surface area contributed by atoms with E-state index in [1.54, 1.807) is 6.20 Å². The van der Waals surface area contributed by atoms with Crippen LogP contribution in [0.2, 0.25) is 5.02 Å². The zero-order valence-corrected chi connectivity index (χ0v) is 12.9. The van der Waals surface area contributed by atoms with Crippen LogP contribution in [0.3, 0.4) is 0 Å². The first-order chi connectivity index (χ1) is 10.2. The molecule has 0 N–H and O–H groups in total. The molecule has 1 aromatic carbocycles. The normalized spacial score (nSPS) is 14.8. The van der Waals surface area contributed by atoms with Gasteiger partial charge in [0.2, 0.25) is 5.91 Å². The van der Waals surface area contributed by atoms with Crippen LogP contribution in [0.1, 0.15) is 12.0 Å². The molecule has 1 aliphatic rings. The fourth-order valence-corrected chi connectivity index (χ4v) is 2.99. The molecule has 1 aliphatic heterocycles. The van der Waals surface area contributed by atoms with Crippen LogP contribution in [-0.2, 0) is 11.2 Å². The zero-order chi connectivity index (χ0) is 14.7. The third-order valence-electron chi connectivity index (χ3n) is 3.39. The molecule has 21 heavy (non-hydrogen) atoms. The molecule has 4 nitrogen and oxygen atoms in total. The van der Waals surface area contributed by atoms with Gasteiger partial charge in [-0.3, -0.25) is 4.79 Å². The molecule has 1 aromatic heterocycles. The van der Waals surface area contributed by atoms with Gasteiger partial charge in [-0.1, -0.05) is 35.1 Å². The average molecular weight is 323 g/mol. The second-order valence-corrected chi connectivity index (χ2v) is 6.26. The summed E-state index contributed by atoms with van der Waals surface area (Å²) in [6.45, 7) is 1.29. The molecule has 3 rings (SSSR count). The maximum absolute atomic E-state index is 12.1. The summed E-state index contributed by atoms with van der Waals surface area (Å²) in [6.07, 6.45) is 3.01. The van der Waals surface area contributed by atoms with Gasteiger partial charge in [-0.15, -0.1) is 0 Å². The quantitative estimate of drug-likeness (QED) is 0.849. The van der Waals surface area contributed by atoms with E-state index in [0.717, 1.165) is 5.56 Å². The first-order valence-corrected chi connectivity index (χ1v) is 8.05. The van der Waals surface area contributed by atoms with Gasteiger partial charge in [0.1, 0.15) is 6.10 Å². The molecule has 2 aromatic rings. The lowest BCUT2D eigenvalue weighted by molar-refractivity contribution is -0.139. The van der Waals surface area contributed by atoms with Gasteiger partial charge in [-0.25, -0.2) is 4.98 Å². The standard InChI is InChI=1S/C15H15ClN2O2S/c16-12-3-1-2-11(8-12)4-5-14(19)18-9-13(10-18)20-15-17-6-7-21-15/h1-3,6-8,13H,4-5,9-10H2. The molecule has 6 heteroatoms. The van der Waals surface area contributed by atoms with Gasteiger partial charge in [0, 0.05) is 23.0 Å². The summed E-state index contributed by atoms with van der Waals surface area (Å²) < 4.78 is 5.65. The summed E-state index contributed by atoms with van der Waals surface area (Å²) in [4.78, 5) is 18.0. The minimum absolute atomic E-state index is 0.0752. The van der Waals surface area contributed by atoms with E-state index in [1.165, 1.54) is 11.3 Å². The number of thiazole rings is 1. The molecule has 0 unspecified atom stereocenters. The summed E-state index contributed by atoms with van der Waals surface area (Å²) >= 11 is 7.40. The molecular formula is C15H15ClN2O2S. The topological polar surface area (TPSA) is 42.4 Å². The number of carbonyl (C=O) groups excluding carboxylic acids is 1. The minimum atomic E-state index is 0.0752. The SMILES string of the molecule is O=C(CCc1cccc(Cl)c1)N1CC(Oc2nccs2)C1. The van der Waals surface area contributed by atoms with Gasteiger partial charge >= 0.3 is 0 Å². The highest BCUT2D eigenvalue weighted by Gasteiger charge is 2.32. The highest BCUT2D eigenvalue weighted by atomic mass is 35.5. The van der Waals surface area contributed by atoms with Gasteiger partial charge in [0.05, 0.1) is 13.1 Å². The Morgan fingerprint density at radius 3 is 3.05 bits per heavy atom. The van der Waals surface area contributed by atoms with Crippen molar-refractivity contribution in [2.24, 2.45) is 0 Å². The Bertz CT molecular complexity index is 612. The lowest BCUT2D eigenvalue weighted by atomic mass is 10.1. The molecule has 110 valence electrons. The van der Waals surface area contributed by atoms with Crippen LogP contribution in [0.5, 0.6) is 5.19 Å². The maximum Gasteiger partial charge on any atom is 0.273 e. The summed E-state index contributed by atoms with van der Waals surface area (Å²) in [5.41, 5.74) is 1.09. The summed E-state index contributed by atoms with van der Waals surface area (Å²) in [5, 5.41) is 3.26. The summed E-state index contributed by atoms with van der Waals surface area (Å²) in [7, 11) is 0. The van der Waals surface area contributed by atoms with Crippen molar-refractivity contribution in [3.63, 3.8) is 0 Å². The number of halogens is 1. The average Bonchev–Trinajstić information content (AvgIpc) is 2.93. The fourth-order valence-electron chi connectivity index (χ4n) is 2.23. The number of aryl methyl sites for hydroxylation is 1. The predicted molar refractivity (Wildman–Crippen MR) is 82.9 cm³/mol.